The van der Waals surface area contributed by atoms with Crippen LogP contribution in [0, 0.1) is 20.8 Å². The molecule has 6 heteroatoms. The van der Waals surface area contributed by atoms with Gasteiger partial charge < -0.3 is 9.88 Å². The molecule has 6 nitrogen and oxygen atoms in total. The Morgan fingerprint density at radius 3 is 2.41 bits per heavy atom. The second kappa shape index (κ2) is 9.07. The van der Waals surface area contributed by atoms with Crippen molar-refractivity contribution in [1.29, 1.82) is 0 Å². The molecule has 2 heterocycles. The van der Waals surface area contributed by atoms with Gasteiger partial charge in [0.15, 0.2) is 0 Å². The number of hydrogen-bond donors (Lipinski definition) is 1. The molecule has 0 unspecified atom stereocenters. The number of carbonyl (C=O) groups excluding carboxylic acids is 1. The average molecular weight is 433 g/mol. The number of benzene rings is 1. The van der Waals surface area contributed by atoms with Crippen LogP contribution in [0.5, 0.6) is 0 Å². The Balaban J connectivity index is 1.55. The first kappa shape index (κ1) is 21.9. The van der Waals surface area contributed by atoms with Gasteiger partial charge in [-0.1, -0.05) is 37.5 Å². The summed E-state index contributed by atoms with van der Waals surface area (Å²) in [5, 5.41) is 2.80. The van der Waals surface area contributed by atoms with Gasteiger partial charge in [-0.3, -0.25) is 14.3 Å². The first-order chi connectivity index (χ1) is 15.4. The standard InChI is InChI=1S/C26H32N4O2/c1-18-17-21(19(2)29(18)22-11-7-5-8-12-22)15-16-24(31)27-25-20(3)28(4)30(26(25)32)23-13-9-6-10-14-23/h6,9-10,13-17,22H,5,7-8,11-12H2,1-4H3,(H,27,31)/b16-15+. The number of anilines is 1. The Kier molecular flexibility index (Phi) is 6.21. The molecule has 4 rings (SSSR count). The summed E-state index contributed by atoms with van der Waals surface area (Å²) in [6.07, 6.45) is 9.71. The fourth-order valence-electron chi connectivity index (χ4n) is 4.92. The first-order valence-corrected chi connectivity index (χ1v) is 11.4. The van der Waals surface area contributed by atoms with E-state index in [9.17, 15) is 9.59 Å². The molecule has 32 heavy (non-hydrogen) atoms. The van der Waals surface area contributed by atoms with Gasteiger partial charge in [0.1, 0.15) is 5.69 Å². The van der Waals surface area contributed by atoms with Gasteiger partial charge in [-0.2, -0.15) is 0 Å². The topological polar surface area (TPSA) is 61.0 Å². The molecule has 0 saturated heterocycles. The summed E-state index contributed by atoms with van der Waals surface area (Å²) >= 11 is 0. The van der Waals surface area contributed by atoms with E-state index in [2.05, 4.69) is 29.8 Å². The number of carbonyl (C=O) groups is 1. The lowest BCUT2D eigenvalue weighted by atomic mass is 9.95. The minimum absolute atomic E-state index is 0.242. The van der Waals surface area contributed by atoms with Gasteiger partial charge >= 0.3 is 0 Å². The molecule has 1 amide bonds. The molecule has 1 aliphatic rings. The van der Waals surface area contributed by atoms with Crippen molar-refractivity contribution in [3.8, 4) is 5.69 Å². The second-order valence-corrected chi connectivity index (χ2v) is 8.75. The van der Waals surface area contributed by atoms with Crippen LogP contribution in [0.2, 0.25) is 0 Å². The smallest absolute Gasteiger partial charge is 0.295 e. The zero-order valence-electron chi connectivity index (χ0n) is 19.4. The third kappa shape index (κ3) is 4.09. The van der Waals surface area contributed by atoms with Crippen molar-refractivity contribution in [2.75, 3.05) is 5.32 Å². The lowest BCUT2D eigenvalue weighted by molar-refractivity contribution is -0.111. The molecule has 0 radical (unpaired) electrons. The second-order valence-electron chi connectivity index (χ2n) is 8.75. The van der Waals surface area contributed by atoms with E-state index in [0.29, 0.717) is 17.4 Å². The monoisotopic (exact) mass is 432 g/mol. The van der Waals surface area contributed by atoms with Gasteiger partial charge in [-0.05, 0) is 63.5 Å². The van der Waals surface area contributed by atoms with E-state index < -0.39 is 0 Å². The van der Waals surface area contributed by atoms with Crippen molar-refractivity contribution < 1.29 is 4.79 Å². The van der Waals surface area contributed by atoms with Crippen LogP contribution in [0.4, 0.5) is 5.69 Å². The highest BCUT2D eigenvalue weighted by Gasteiger charge is 2.20. The number of aromatic nitrogens is 3. The summed E-state index contributed by atoms with van der Waals surface area (Å²) in [4.78, 5) is 25.7. The van der Waals surface area contributed by atoms with E-state index in [1.54, 1.807) is 9.36 Å². The molecule has 168 valence electrons. The highest BCUT2D eigenvalue weighted by atomic mass is 16.2. The Labute approximate surface area is 189 Å². The van der Waals surface area contributed by atoms with Crippen LogP contribution >= 0.6 is 0 Å². The largest absolute Gasteiger partial charge is 0.346 e. The van der Waals surface area contributed by atoms with Crippen LogP contribution in [0.1, 0.15) is 60.8 Å². The Hall–Kier alpha value is -3.28. The van der Waals surface area contributed by atoms with Gasteiger partial charge in [0.05, 0.1) is 11.4 Å². The fraction of sp³-hybridized carbons (Fsp3) is 0.385. The quantitative estimate of drug-likeness (QED) is 0.573. The maximum Gasteiger partial charge on any atom is 0.295 e. The summed E-state index contributed by atoms with van der Waals surface area (Å²) < 4.78 is 5.75. The predicted molar refractivity (Wildman–Crippen MR) is 129 cm³/mol. The number of aryl methyl sites for hydroxylation is 1. The molecule has 1 aliphatic carbocycles. The molecule has 0 bridgehead atoms. The lowest BCUT2D eigenvalue weighted by Crippen LogP contribution is -2.22. The van der Waals surface area contributed by atoms with E-state index in [1.807, 2.05) is 50.4 Å². The normalized spacial score (nSPS) is 14.9. The average Bonchev–Trinajstić information content (AvgIpc) is 3.20. The highest BCUT2D eigenvalue weighted by Crippen LogP contribution is 2.32. The minimum Gasteiger partial charge on any atom is -0.346 e. The number of rotatable bonds is 5. The van der Waals surface area contributed by atoms with Crippen LogP contribution in [0.25, 0.3) is 11.8 Å². The molecule has 1 aromatic carbocycles. The zero-order valence-corrected chi connectivity index (χ0v) is 19.4. The third-order valence-electron chi connectivity index (χ3n) is 6.68. The third-order valence-corrected chi connectivity index (χ3v) is 6.68. The first-order valence-electron chi connectivity index (χ1n) is 11.4. The van der Waals surface area contributed by atoms with Crippen LogP contribution in [-0.4, -0.2) is 19.8 Å². The van der Waals surface area contributed by atoms with Crippen molar-refractivity contribution in [2.24, 2.45) is 7.05 Å². The maximum absolute atomic E-state index is 13.0. The van der Waals surface area contributed by atoms with Crippen LogP contribution in [0.3, 0.4) is 0 Å². The van der Waals surface area contributed by atoms with Crippen molar-refractivity contribution >= 4 is 17.7 Å². The van der Waals surface area contributed by atoms with Crippen LogP contribution < -0.4 is 10.9 Å². The zero-order chi connectivity index (χ0) is 22.8. The predicted octanol–water partition coefficient (Wildman–Crippen LogP) is 5.06. The minimum atomic E-state index is -0.307. The van der Waals surface area contributed by atoms with Gasteiger partial charge in [0.25, 0.3) is 5.56 Å². The summed E-state index contributed by atoms with van der Waals surface area (Å²) in [5.41, 5.74) is 5.01. The molecule has 1 saturated carbocycles. The molecular weight excluding hydrogens is 400 g/mol. The number of amides is 1. The van der Waals surface area contributed by atoms with Gasteiger partial charge in [0, 0.05) is 30.6 Å². The molecule has 0 atom stereocenters. The van der Waals surface area contributed by atoms with E-state index >= 15 is 0 Å². The van der Waals surface area contributed by atoms with Gasteiger partial charge in [-0.25, -0.2) is 4.68 Å². The summed E-state index contributed by atoms with van der Waals surface area (Å²) in [6, 6.07) is 12.1. The number of nitrogens with zero attached hydrogens (tertiary/aromatic N) is 3. The SMILES string of the molecule is Cc1cc(/C=C/C(=O)Nc2c(C)n(C)n(-c3ccccc3)c2=O)c(C)n1C1CCCCC1. The number of para-hydroxylation sites is 1. The summed E-state index contributed by atoms with van der Waals surface area (Å²) in [5.74, 6) is -0.307. The van der Waals surface area contributed by atoms with Crippen LogP contribution in [-0.2, 0) is 11.8 Å². The molecule has 1 N–H and O–H groups in total. The Morgan fingerprint density at radius 2 is 1.72 bits per heavy atom. The molecule has 0 spiro atoms. The lowest BCUT2D eigenvalue weighted by Gasteiger charge is -2.26. The molecule has 2 aromatic heterocycles. The van der Waals surface area contributed by atoms with E-state index in [0.717, 1.165) is 11.3 Å². The van der Waals surface area contributed by atoms with Gasteiger partial charge in [0.2, 0.25) is 5.91 Å². The summed E-state index contributed by atoms with van der Waals surface area (Å²) in [7, 11) is 1.81. The van der Waals surface area contributed by atoms with Crippen molar-refractivity contribution in [1.82, 2.24) is 13.9 Å². The Morgan fingerprint density at radius 1 is 1.03 bits per heavy atom. The van der Waals surface area contributed by atoms with Gasteiger partial charge in [-0.15, -0.1) is 0 Å². The van der Waals surface area contributed by atoms with E-state index in [1.165, 1.54) is 49.6 Å². The molecule has 1 fully saturated rings. The van der Waals surface area contributed by atoms with Crippen molar-refractivity contribution in [3.05, 3.63) is 75.5 Å². The molecule has 0 aliphatic heterocycles. The van der Waals surface area contributed by atoms with Crippen molar-refractivity contribution in [2.45, 2.75) is 58.9 Å². The highest BCUT2D eigenvalue weighted by molar-refractivity contribution is 6.02. The van der Waals surface area contributed by atoms with E-state index in [-0.39, 0.29) is 11.5 Å². The van der Waals surface area contributed by atoms with Crippen LogP contribution in [0.15, 0.2) is 47.3 Å². The number of nitrogens with one attached hydrogen (secondary N) is 1. The fourth-order valence-corrected chi connectivity index (χ4v) is 4.92. The molecule has 3 aromatic rings. The molecular formula is C26H32N4O2. The van der Waals surface area contributed by atoms with E-state index in [4.69, 9.17) is 0 Å². The number of hydrogen-bond acceptors (Lipinski definition) is 2. The maximum atomic E-state index is 13.0. The summed E-state index contributed by atoms with van der Waals surface area (Å²) in [6.45, 7) is 6.09. The Bertz CT molecular complexity index is 1200. The van der Waals surface area contributed by atoms with Crippen molar-refractivity contribution in [3.63, 3.8) is 0 Å².